The fourth-order valence-corrected chi connectivity index (χ4v) is 5.24. The zero-order chi connectivity index (χ0) is 22.8. The minimum atomic E-state index is 0.0561. The first-order chi connectivity index (χ1) is 16.1. The summed E-state index contributed by atoms with van der Waals surface area (Å²) in [5.41, 5.74) is 6.46. The number of carbonyl (C=O) groups is 1. The highest BCUT2D eigenvalue weighted by atomic mass is 32.1. The molecular formula is C28H28N2O2S. The number of hydrogen-bond acceptors (Lipinski definition) is 4. The van der Waals surface area contributed by atoms with Gasteiger partial charge in [-0.1, -0.05) is 42.0 Å². The number of fused-ring (bicyclic) bond motifs is 1. The molecule has 5 heteroatoms. The second kappa shape index (κ2) is 9.46. The van der Waals surface area contributed by atoms with Gasteiger partial charge in [-0.25, -0.2) is 4.98 Å². The molecule has 0 radical (unpaired) electrons. The van der Waals surface area contributed by atoms with E-state index in [1.165, 1.54) is 22.5 Å². The zero-order valence-corrected chi connectivity index (χ0v) is 19.9. The Labute approximate surface area is 198 Å². The Balaban J connectivity index is 1.60. The Morgan fingerprint density at radius 2 is 2.00 bits per heavy atom. The van der Waals surface area contributed by atoms with Gasteiger partial charge < -0.3 is 9.64 Å². The van der Waals surface area contributed by atoms with E-state index in [0.717, 1.165) is 52.0 Å². The van der Waals surface area contributed by atoms with E-state index >= 15 is 0 Å². The van der Waals surface area contributed by atoms with Crippen LogP contribution in [0.2, 0.25) is 0 Å². The molecule has 4 aromatic rings. The molecule has 1 aliphatic rings. The molecule has 168 valence electrons. The Hall–Kier alpha value is -3.02. The molecule has 0 aliphatic carbocycles. The summed E-state index contributed by atoms with van der Waals surface area (Å²) in [6.45, 7) is 6.07. The van der Waals surface area contributed by atoms with Crippen molar-refractivity contribution in [3.63, 3.8) is 0 Å². The predicted octanol–water partition coefficient (Wildman–Crippen LogP) is 6.40. The molecule has 0 saturated carbocycles. The molecule has 1 unspecified atom stereocenters. The summed E-state index contributed by atoms with van der Waals surface area (Å²) in [6, 6.07) is 20.7. The van der Waals surface area contributed by atoms with Gasteiger partial charge in [-0.2, -0.15) is 0 Å². The minimum absolute atomic E-state index is 0.0561. The number of aryl methyl sites for hydroxylation is 2. The van der Waals surface area contributed by atoms with Crippen LogP contribution >= 0.6 is 11.3 Å². The highest BCUT2D eigenvalue weighted by Gasteiger charge is 2.25. The molecule has 0 N–H and O–H groups in total. The van der Waals surface area contributed by atoms with Gasteiger partial charge in [-0.3, -0.25) is 4.79 Å². The molecule has 33 heavy (non-hydrogen) atoms. The van der Waals surface area contributed by atoms with Crippen molar-refractivity contribution in [2.45, 2.75) is 39.3 Å². The van der Waals surface area contributed by atoms with Crippen LogP contribution in [0.5, 0.6) is 0 Å². The first-order valence-electron chi connectivity index (χ1n) is 11.5. The van der Waals surface area contributed by atoms with Crippen molar-refractivity contribution in [3.05, 3.63) is 87.6 Å². The number of carbonyl (C=O) groups excluding carboxylic acids is 1. The Bertz CT molecular complexity index is 1280. The molecule has 1 amide bonds. The maximum absolute atomic E-state index is 13.5. The van der Waals surface area contributed by atoms with Crippen LogP contribution in [0.4, 0.5) is 0 Å². The monoisotopic (exact) mass is 456 g/mol. The Morgan fingerprint density at radius 3 is 2.76 bits per heavy atom. The van der Waals surface area contributed by atoms with Crippen molar-refractivity contribution in [2.24, 2.45) is 0 Å². The van der Waals surface area contributed by atoms with E-state index in [2.05, 4.69) is 50.2 Å². The molecule has 4 nitrogen and oxygen atoms in total. The minimum Gasteiger partial charge on any atom is -0.376 e. The molecule has 5 rings (SSSR count). The molecule has 0 spiro atoms. The van der Waals surface area contributed by atoms with Crippen LogP contribution in [0, 0.1) is 13.8 Å². The number of amides is 1. The van der Waals surface area contributed by atoms with Gasteiger partial charge in [0, 0.05) is 30.6 Å². The molecular weight excluding hydrogens is 428 g/mol. The van der Waals surface area contributed by atoms with Crippen LogP contribution in [0.15, 0.2) is 66.0 Å². The molecule has 1 fully saturated rings. The maximum atomic E-state index is 13.5. The number of thiophene rings is 1. The van der Waals surface area contributed by atoms with Crippen molar-refractivity contribution in [2.75, 3.05) is 13.2 Å². The lowest BCUT2D eigenvalue weighted by molar-refractivity contribution is 0.0511. The van der Waals surface area contributed by atoms with Gasteiger partial charge in [0.15, 0.2) is 0 Å². The van der Waals surface area contributed by atoms with E-state index in [0.29, 0.717) is 13.1 Å². The van der Waals surface area contributed by atoms with Crippen molar-refractivity contribution in [1.29, 1.82) is 0 Å². The summed E-state index contributed by atoms with van der Waals surface area (Å²) in [4.78, 5) is 21.3. The van der Waals surface area contributed by atoms with Crippen LogP contribution < -0.4 is 0 Å². The average molecular weight is 457 g/mol. The van der Waals surface area contributed by atoms with Gasteiger partial charge in [0.2, 0.25) is 0 Å². The molecule has 0 bridgehead atoms. The maximum Gasteiger partial charge on any atom is 0.264 e. The summed E-state index contributed by atoms with van der Waals surface area (Å²) < 4.78 is 5.90. The highest BCUT2D eigenvalue weighted by molar-refractivity contribution is 7.12. The second-order valence-corrected chi connectivity index (χ2v) is 9.75. The van der Waals surface area contributed by atoms with Gasteiger partial charge in [0.1, 0.15) is 0 Å². The Kier molecular flexibility index (Phi) is 6.25. The summed E-state index contributed by atoms with van der Waals surface area (Å²) in [7, 11) is 0. The smallest absolute Gasteiger partial charge is 0.264 e. The van der Waals surface area contributed by atoms with Crippen LogP contribution in [-0.4, -0.2) is 35.0 Å². The third kappa shape index (κ3) is 4.70. The quantitative estimate of drug-likeness (QED) is 0.337. The van der Waals surface area contributed by atoms with Crippen LogP contribution in [0.25, 0.3) is 22.2 Å². The van der Waals surface area contributed by atoms with Gasteiger partial charge >= 0.3 is 0 Å². The number of benzene rings is 2. The van der Waals surface area contributed by atoms with Crippen LogP contribution in [-0.2, 0) is 11.3 Å². The molecule has 2 aromatic heterocycles. The summed E-state index contributed by atoms with van der Waals surface area (Å²) >= 11 is 1.49. The molecule has 1 saturated heterocycles. The SMILES string of the molecule is Cc1ccc2nc(-c3ccccc3C)c(CN(CC3CCCO3)C(=O)c3cccs3)cc2c1. The zero-order valence-electron chi connectivity index (χ0n) is 19.1. The number of aromatic nitrogens is 1. The first kappa shape index (κ1) is 21.8. The van der Waals surface area contributed by atoms with Crippen LogP contribution in [0.1, 0.15) is 39.2 Å². The number of ether oxygens (including phenoxy) is 1. The van der Waals surface area contributed by atoms with E-state index in [-0.39, 0.29) is 12.0 Å². The van der Waals surface area contributed by atoms with E-state index < -0.39 is 0 Å². The summed E-state index contributed by atoms with van der Waals surface area (Å²) in [5, 5.41) is 3.05. The van der Waals surface area contributed by atoms with Crippen LogP contribution in [0.3, 0.4) is 0 Å². The number of nitrogens with zero attached hydrogens (tertiary/aromatic N) is 2. The topological polar surface area (TPSA) is 42.4 Å². The van der Waals surface area contributed by atoms with Crippen molar-refractivity contribution < 1.29 is 9.53 Å². The van der Waals surface area contributed by atoms with Gasteiger partial charge in [0.25, 0.3) is 5.91 Å². The van der Waals surface area contributed by atoms with Crippen molar-refractivity contribution in [1.82, 2.24) is 9.88 Å². The van der Waals surface area contributed by atoms with Gasteiger partial charge in [-0.15, -0.1) is 11.3 Å². The number of rotatable bonds is 6. The fraction of sp³-hybridized carbons (Fsp3) is 0.286. The van der Waals surface area contributed by atoms with Gasteiger partial charge in [0.05, 0.1) is 22.2 Å². The second-order valence-electron chi connectivity index (χ2n) is 8.81. The molecule has 2 aromatic carbocycles. The van der Waals surface area contributed by atoms with Crippen molar-refractivity contribution in [3.8, 4) is 11.3 Å². The average Bonchev–Trinajstić information content (AvgIpc) is 3.53. The van der Waals surface area contributed by atoms with E-state index in [1.54, 1.807) is 0 Å². The van der Waals surface area contributed by atoms with E-state index in [9.17, 15) is 4.79 Å². The first-order valence-corrected chi connectivity index (χ1v) is 12.4. The fourth-order valence-electron chi connectivity index (χ4n) is 4.55. The Morgan fingerprint density at radius 1 is 1.12 bits per heavy atom. The lowest BCUT2D eigenvalue weighted by atomic mass is 9.98. The highest BCUT2D eigenvalue weighted by Crippen LogP contribution is 2.30. The third-order valence-electron chi connectivity index (χ3n) is 6.28. The lowest BCUT2D eigenvalue weighted by Gasteiger charge is -2.26. The van der Waals surface area contributed by atoms with E-state index in [4.69, 9.17) is 9.72 Å². The summed E-state index contributed by atoms with van der Waals surface area (Å²) in [6.07, 6.45) is 2.14. The predicted molar refractivity (Wildman–Crippen MR) is 135 cm³/mol. The van der Waals surface area contributed by atoms with Gasteiger partial charge in [-0.05, 0) is 67.5 Å². The molecule has 1 aliphatic heterocycles. The standard InChI is InChI=1S/C28H28N2O2S/c1-19-11-12-25-21(15-19)16-22(27(29-25)24-9-4-3-7-20(24)2)17-30(18-23-8-5-13-32-23)28(31)26-10-6-14-33-26/h3-4,6-7,9-12,14-16,23H,5,8,13,17-18H2,1-2H3. The lowest BCUT2D eigenvalue weighted by Crippen LogP contribution is -2.36. The summed E-state index contributed by atoms with van der Waals surface area (Å²) in [5.74, 6) is 0.0561. The number of pyridine rings is 1. The normalized spacial score (nSPS) is 15.8. The van der Waals surface area contributed by atoms with Crippen molar-refractivity contribution >= 4 is 28.1 Å². The molecule has 1 atom stereocenters. The largest absolute Gasteiger partial charge is 0.376 e. The third-order valence-corrected chi connectivity index (χ3v) is 7.14. The van der Waals surface area contributed by atoms with E-state index in [1.807, 2.05) is 34.5 Å². The number of hydrogen-bond donors (Lipinski definition) is 0. The molecule has 3 heterocycles.